The molecule has 0 fully saturated rings. The van der Waals surface area contributed by atoms with Gasteiger partial charge in [0.1, 0.15) is 5.03 Å². The smallest absolute Gasteiger partial charge is 0.259 e. The molecule has 0 N–H and O–H groups in total. The molecule has 3 nitrogen and oxygen atoms in total. The lowest BCUT2D eigenvalue weighted by Crippen LogP contribution is -1.77. The first-order valence-corrected chi connectivity index (χ1v) is 7.72. The molecule has 6 heteroatoms. The van der Waals surface area contributed by atoms with Gasteiger partial charge >= 0.3 is 0 Å². The summed E-state index contributed by atoms with van der Waals surface area (Å²) < 4.78 is 5.59. The van der Waals surface area contributed by atoms with Gasteiger partial charge in [0, 0.05) is 20.3 Å². The van der Waals surface area contributed by atoms with Crippen LogP contribution in [0.1, 0.15) is 15.6 Å². The lowest BCUT2D eigenvalue weighted by molar-refractivity contribution is 0.556. The third kappa shape index (κ3) is 3.35. The highest BCUT2D eigenvalue weighted by atomic mass is 35.5. The maximum atomic E-state index is 6.23. The Morgan fingerprint density at radius 3 is 2.57 bits per heavy atom. The predicted octanol–water partition coefficient (Wildman–Crippen LogP) is 5.50. The second-order valence-corrected chi connectivity index (χ2v) is 6.52. The minimum Gasteiger partial charge on any atom is -0.415 e. The average molecular weight is 337 g/mol. The lowest BCUT2D eigenvalue weighted by Gasteiger charge is -1.94. The Kier molecular flexibility index (Phi) is 4.10. The van der Waals surface area contributed by atoms with Crippen LogP contribution in [-0.2, 0) is 0 Å². The van der Waals surface area contributed by atoms with Gasteiger partial charge in [-0.05, 0) is 49.4 Å². The van der Waals surface area contributed by atoms with Gasteiger partial charge in [-0.15, -0.1) is 21.5 Å². The summed E-state index contributed by atoms with van der Waals surface area (Å²) in [5, 5.41) is 9.05. The van der Waals surface area contributed by atoms with E-state index in [9.17, 15) is 0 Å². The van der Waals surface area contributed by atoms with Crippen molar-refractivity contribution in [1.29, 1.82) is 0 Å². The first-order chi connectivity index (χ1) is 10.1. The summed E-state index contributed by atoms with van der Waals surface area (Å²) in [5.74, 6) is 0.711. The molecule has 0 atom stereocenters. The van der Waals surface area contributed by atoms with Crippen LogP contribution in [0.2, 0.25) is 5.02 Å². The molecular weight excluding hydrogens is 327 g/mol. The number of benzene rings is 1. The van der Waals surface area contributed by atoms with Gasteiger partial charge in [-0.3, -0.25) is 0 Å². The molecule has 1 aromatic carbocycles. The Morgan fingerprint density at radius 2 is 1.90 bits per heavy atom. The molecule has 0 amide bonds. The Hall–Kier alpha value is -1.62. The molecule has 0 saturated heterocycles. The van der Waals surface area contributed by atoms with E-state index < -0.39 is 0 Å². The fourth-order valence-corrected chi connectivity index (χ4v) is 2.95. The average Bonchev–Trinajstić information content (AvgIpc) is 3.09. The monoisotopic (exact) mass is 336 g/mol. The third-order valence-electron chi connectivity index (χ3n) is 2.75. The van der Waals surface area contributed by atoms with Gasteiger partial charge < -0.3 is 4.42 Å². The van der Waals surface area contributed by atoms with Crippen molar-refractivity contribution < 1.29 is 4.42 Å². The van der Waals surface area contributed by atoms with E-state index in [0.717, 1.165) is 10.4 Å². The van der Waals surface area contributed by atoms with Gasteiger partial charge in [0.25, 0.3) is 5.89 Å². The second kappa shape index (κ2) is 6.02. The van der Waals surface area contributed by atoms with Crippen LogP contribution in [-0.4, -0.2) is 10.2 Å². The van der Waals surface area contributed by atoms with Crippen LogP contribution in [0.5, 0.6) is 0 Å². The zero-order chi connectivity index (χ0) is 14.8. The highest BCUT2D eigenvalue weighted by molar-refractivity contribution is 7.12. The molecule has 0 spiro atoms. The van der Waals surface area contributed by atoms with Crippen LogP contribution >= 0.6 is 34.5 Å². The summed E-state index contributed by atoms with van der Waals surface area (Å²) in [6, 6.07) is 11.2. The Bertz CT molecular complexity index is 790. The molecule has 2 aromatic heterocycles. The SMILES string of the molecule is Cc1ccc(/C=C(\Cl)c2nnc(-c3ccc(Cl)cc3)o2)s1. The first-order valence-electron chi connectivity index (χ1n) is 6.15. The van der Waals surface area contributed by atoms with E-state index in [1.54, 1.807) is 23.5 Å². The maximum Gasteiger partial charge on any atom is 0.259 e. The van der Waals surface area contributed by atoms with E-state index in [0.29, 0.717) is 21.8 Å². The van der Waals surface area contributed by atoms with Crippen LogP contribution in [0.3, 0.4) is 0 Å². The molecule has 106 valence electrons. The van der Waals surface area contributed by atoms with Crippen molar-refractivity contribution in [2.24, 2.45) is 0 Å². The lowest BCUT2D eigenvalue weighted by atomic mass is 10.2. The molecule has 0 aliphatic heterocycles. The zero-order valence-electron chi connectivity index (χ0n) is 11.0. The Balaban J connectivity index is 1.87. The number of aryl methyl sites for hydroxylation is 1. The highest BCUT2D eigenvalue weighted by Gasteiger charge is 2.11. The number of hydrogen-bond acceptors (Lipinski definition) is 4. The molecule has 3 rings (SSSR count). The molecule has 3 aromatic rings. The molecule has 0 saturated carbocycles. The molecule has 0 radical (unpaired) electrons. The van der Waals surface area contributed by atoms with Crippen molar-refractivity contribution in [2.75, 3.05) is 0 Å². The minimum absolute atomic E-state index is 0.299. The number of hydrogen-bond donors (Lipinski definition) is 0. The fraction of sp³-hybridized carbons (Fsp3) is 0.0667. The molecule has 21 heavy (non-hydrogen) atoms. The second-order valence-electron chi connectivity index (χ2n) is 4.36. The number of nitrogens with zero attached hydrogens (tertiary/aromatic N) is 2. The summed E-state index contributed by atoms with van der Waals surface area (Å²) >= 11 is 13.7. The minimum atomic E-state index is 0.299. The van der Waals surface area contributed by atoms with E-state index in [4.69, 9.17) is 27.6 Å². The van der Waals surface area contributed by atoms with E-state index in [1.165, 1.54) is 4.88 Å². The zero-order valence-corrected chi connectivity index (χ0v) is 13.3. The number of rotatable bonds is 3. The fourth-order valence-electron chi connectivity index (χ4n) is 1.75. The van der Waals surface area contributed by atoms with Crippen molar-refractivity contribution in [3.63, 3.8) is 0 Å². The predicted molar refractivity (Wildman–Crippen MR) is 87.5 cm³/mol. The van der Waals surface area contributed by atoms with Gasteiger partial charge in [-0.2, -0.15) is 0 Å². The van der Waals surface area contributed by atoms with Crippen LogP contribution < -0.4 is 0 Å². The molecule has 0 aliphatic carbocycles. The van der Waals surface area contributed by atoms with Crippen molar-refractivity contribution >= 4 is 45.6 Å². The van der Waals surface area contributed by atoms with Gasteiger partial charge in [0.2, 0.25) is 5.89 Å². The summed E-state index contributed by atoms with van der Waals surface area (Å²) in [4.78, 5) is 2.27. The molecule has 0 aliphatic rings. The van der Waals surface area contributed by atoms with Gasteiger partial charge in [0.05, 0.1) is 0 Å². The Labute approximate surface area is 135 Å². The normalized spacial score (nSPS) is 11.9. The van der Waals surface area contributed by atoms with Crippen LogP contribution in [0, 0.1) is 6.92 Å². The summed E-state index contributed by atoms with van der Waals surface area (Å²) in [5.41, 5.74) is 0.801. The van der Waals surface area contributed by atoms with E-state index in [2.05, 4.69) is 10.2 Å². The topological polar surface area (TPSA) is 38.9 Å². The van der Waals surface area contributed by atoms with Crippen LogP contribution in [0.15, 0.2) is 40.8 Å². The van der Waals surface area contributed by atoms with Crippen molar-refractivity contribution in [3.8, 4) is 11.5 Å². The summed E-state index contributed by atoms with van der Waals surface area (Å²) in [6.07, 6.45) is 1.82. The van der Waals surface area contributed by atoms with Crippen LogP contribution in [0.4, 0.5) is 0 Å². The molecule has 2 heterocycles. The first kappa shape index (κ1) is 14.3. The van der Waals surface area contributed by atoms with Crippen molar-refractivity contribution in [1.82, 2.24) is 10.2 Å². The number of thiophene rings is 1. The standard InChI is InChI=1S/C15H10Cl2N2OS/c1-9-2-7-12(21-9)8-13(17)15-19-18-14(20-15)10-3-5-11(16)6-4-10/h2-8H,1H3/b13-8-. The summed E-state index contributed by atoms with van der Waals surface area (Å²) in [7, 11) is 0. The largest absolute Gasteiger partial charge is 0.415 e. The van der Waals surface area contributed by atoms with Gasteiger partial charge in [-0.1, -0.05) is 23.2 Å². The summed E-state index contributed by atoms with van der Waals surface area (Å²) in [6.45, 7) is 2.04. The Morgan fingerprint density at radius 1 is 1.14 bits per heavy atom. The molecule has 0 bridgehead atoms. The quantitative estimate of drug-likeness (QED) is 0.634. The third-order valence-corrected chi connectivity index (χ3v) is 4.22. The van der Waals surface area contributed by atoms with Crippen LogP contribution in [0.25, 0.3) is 22.6 Å². The van der Waals surface area contributed by atoms with Crippen molar-refractivity contribution in [3.05, 3.63) is 57.1 Å². The maximum absolute atomic E-state index is 6.23. The van der Waals surface area contributed by atoms with Crippen molar-refractivity contribution in [2.45, 2.75) is 6.92 Å². The van der Waals surface area contributed by atoms with Gasteiger partial charge in [0.15, 0.2) is 0 Å². The molecule has 0 unspecified atom stereocenters. The number of aromatic nitrogens is 2. The van der Waals surface area contributed by atoms with E-state index in [1.807, 2.05) is 37.3 Å². The number of halogens is 2. The highest BCUT2D eigenvalue weighted by Crippen LogP contribution is 2.27. The molecular formula is C15H10Cl2N2OS. The van der Waals surface area contributed by atoms with E-state index in [-0.39, 0.29) is 0 Å². The van der Waals surface area contributed by atoms with Gasteiger partial charge in [-0.25, -0.2) is 0 Å². The van der Waals surface area contributed by atoms with E-state index >= 15 is 0 Å².